The second kappa shape index (κ2) is 7.67. The highest BCUT2D eigenvalue weighted by Gasteiger charge is 2.33. The molecule has 1 aliphatic heterocycles. The Labute approximate surface area is 169 Å². The number of piperazine rings is 1. The number of carbonyl (C=O) groups is 2. The van der Waals surface area contributed by atoms with Crippen molar-refractivity contribution in [1.82, 2.24) is 14.8 Å². The molecule has 2 fully saturated rings. The molecule has 1 aromatic carbocycles. The number of amides is 2. The Morgan fingerprint density at radius 2 is 2.00 bits per heavy atom. The van der Waals surface area contributed by atoms with Crippen LogP contribution in [-0.2, 0) is 0 Å². The lowest BCUT2D eigenvalue weighted by atomic mass is 10.1. The molecule has 1 aromatic heterocycles. The number of benzene rings is 1. The maximum atomic E-state index is 14.4. The van der Waals surface area contributed by atoms with Crippen LogP contribution >= 0.6 is 0 Å². The summed E-state index contributed by atoms with van der Waals surface area (Å²) in [6, 6.07) is 8.17. The lowest BCUT2D eigenvalue weighted by Gasteiger charge is -2.39. The summed E-state index contributed by atoms with van der Waals surface area (Å²) in [7, 11) is 0. The van der Waals surface area contributed by atoms with E-state index in [1.165, 1.54) is 6.07 Å². The van der Waals surface area contributed by atoms with Crippen LogP contribution in [0, 0.1) is 18.2 Å². The molecule has 5 nitrogen and oxygen atoms in total. The van der Waals surface area contributed by atoms with Crippen LogP contribution in [0.15, 0.2) is 36.5 Å². The minimum absolute atomic E-state index is 0.125. The van der Waals surface area contributed by atoms with Gasteiger partial charge in [0.15, 0.2) is 11.5 Å². The fourth-order valence-corrected chi connectivity index (χ4v) is 3.75. The van der Waals surface area contributed by atoms with Gasteiger partial charge in [-0.2, -0.15) is 0 Å². The van der Waals surface area contributed by atoms with E-state index in [9.17, 15) is 14.0 Å². The monoisotopic (exact) mass is 391 g/mol. The van der Waals surface area contributed by atoms with Gasteiger partial charge in [0.05, 0.1) is 0 Å². The average molecular weight is 391 g/mol. The van der Waals surface area contributed by atoms with Gasteiger partial charge < -0.3 is 9.80 Å². The van der Waals surface area contributed by atoms with E-state index in [-0.39, 0.29) is 17.6 Å². The van der Waals surface area contributed by atoms with E-state index in [0.717, 1.165) is 18.4 Å². The molecule has 0 N–H and O–H groups in total. The van der Waals surface area contributed by atoms with Crippen LogP contribution in [0.25, 0.3) is 0 Å². The summed E-state index contributed by atoms with van der Waals surface area (Å²) in [6.45, 7) is 2.90. The Morgan fingerprint density at radius 1 is 1.21 bits per heavy atom. The molecule has 2 aliphatic rings. The summed E-state index contributed by atoms with van der Waals surface area (Å²) >= 11 is 0. The van der Waals surface area contributed by atoms with Crippen molar-refractivity contribution in [3.8, 4) is 12.3 Å². The van der Waals surface area contributed by atoms with Crippen LogP contribution in [-0.4, -0.2) is 52.3 Å². The van der Waals surface area contributed by atoms with Crippen molar-refractivity contribution >= 4 is 11.8 Å². The molecule has 1 atom stereocenters. The van der Waals surface area contributed by atoms with Gasteiger partial charge in [-0.25, -0.2) is 9.37 Å². The number of aromatic nitrogens is 1. The number of hydrogen-bond acceptors (Lipinski definition) is 3. The maximum Gasteiger partial charge on any atom is 0.275 e. The first-order chi connectivity index (χ1) is 14.0. The zero-order valence-corrected chi connectivity index (χ0v) is 16.3. The maximum absolute atomic E-state index is 14.4. The van der Waals surface area contributed by atoms with Gasteiger partial charge >= 0.3 is 0 Å². The number of pyridine rings is 1. The largest absolute Gasteiger partial charge is 0.333 e. The van der Waals surface area contributed by atoms with Gasteiger partial charge in [-0.1, -0.05) is 12.0 Å². The SMILES string of the molecule is C#Cc1cccc(C(=O)N2CCN(C(=O)c3ncc(C4CC4)cc3F)C[C@H]2C)c1. The number of nitrogens with zero attached hydrogens (tertiary/aromatic N) is 3. The predicted octanol–water partition coefficient (Wildman–Crippen LogP) is 3.07. The molecule has 6 heteroatoms. The minimum atomic E-state index is -0.573. The summed E-state index contributed by atoms with van der Waals surface area (Å²) in [5.74, 6) is 1.78. The minimum Gasteiger partial charge on any atom is -0.333 e. The highest BCUT2D eigenvalue weighted by molar-refractivity contribution is 5.96. The summed E-state index contributed by atoms with van der Waals surface area (Å²) in [6.07, 6.45) is 9.12. The van der Waals surface area contributed by atoms with Gasteiger partial charge in [-0.05, 0) is 55.5 Å². The van der Waals surface area contributed by atoms with E-state index in [1.807, 2.05) is 6.92 Å². The number of carbonyl (C=O) groups excluding carboxylic acids is 2. The van der Waals surface area contributed by atoms with E-state index >= 15 is 0 Å². The van der Waals surface area contributed by atoms with Crippen LogP contribution in [0.3, 0.4) is 0 Å². The van der Waals surface area contributed by atoms with E-state index < -0.39 is 11.7 Å². The van der Waals surface area contributed by atoms with Gasteiger partial charge in [-0.3, -0.25) is 9.59 Å². The van der Waals surface area contributed by atoms with Crippen molar-refractivity contribution in [1.29, 1.82) is 0 Å². The molecule has 0 unspecified atom stereocenters. The molecule has 0 radical (unpaired) electrons. The standard InChI is InChI=1S/C23H22FN3O2/c1-3-16-5-4-6-18(11-16)22(28)27-10-9-26(14-15(27)2)23(29)21-20(24)12-19(13-25-21)17-7-8-17/h1,4-6,11-13,15,17H,7-10,14H2,2H3/t15-/m1/s1. The number of halogens is 1. The molecule has 0 spiro atoms. The molecule has 1 saturated heterocycles. The van der Waals surface area contributed by atoms with E-state index in [0.29, 0.717) is 36.7 Å². The van der Waals surface area contributed by atoms with E-state index in [2.05, 4.69) is 10.9 Å². The third-order valence-electron chi connectivity index (χ3n) is 5.57. The molecular weight excluding hydrogens is 369 g/mol. The van der Waals surface area contributed by atoms with Crippen LogP contribution in [0.1, 0.15) is 57.7 Å². The van der Waals surface area contributed by atoms with Gasteiger partial charge in [0.25, 0.3) is 11.8 Å². The van der Waals surface area contributed by atoms with Crippen molar-refractivity contribution in [2.75, 3.05) is 19.6 Å². The zero-order valence-electron chi connectivity index (χ0n) is 16.3. The van der Waals surface area contributed by atoms with Crippen molar-refractivity contribution in [2.45, 2.75) is 31.7 Å². The number of hydrogen-bond donors (Lipinski definition) is 0. The fraction of sp³-hybridized carbons (Fsp3) is 0.348. The second-order valence-electron chi connectivity index (χ2n) is 7.70. The van der Waals surface area contributed by atoms with Crippen molar-refractivity contribution in [3.05, 3.63) is 64.7 Å². The first-order valence-corrected chi connectivity index (χ1v) is 9.80. The molecule has 0 bridgehead atoms. The molecule has 4 rings (SSSR count). The highest BCUT2D eigenvalue weighted by atomic mass is 19.1. The number of rotatable bonds is 3. The molecule has 2 heterocycles. The molecule has 1 aliphatic carbocycles. The van der Waals surface area contributed by atoms with Crippen molar-refractivity contribution in [2.24, 2.45) is 0 Å². The van der Waals surface area contributed by atoms with Gasteiger partial charge in [0.1, 0.15) is 0 Å². The van der Waals surface area contributed by atoms with Gasteiger partial charge in [-0.15, -0.1) is 6.42 Å². The summed E-state index contributed by atoms with van der Waals surface area (Å²) in [5.41, 5.74) is 1.88. The molecule has 2 aromatic rings. The van der Waals surface area contributed by atoms with Crippen LogP contribution in [0.2, 0.25) is 0 Å². The summed E-state index contributed by atoms with van der Waals surface area (Å²) in [4.78, 5) is 33.0. The normalized spacial score (nSPS) is 19.0. The van der Waals surface area contributed by atoms with Gasteiger partial charge in [0, 0.05) is 43.0 Å². The third kappa shape index (κ3) is 3.86. The van der Waals surface area contributed by atoms with Crippen LogP contribution in [0.4, 0.5) is 4.39 Å². The number of terminal acetylenes is 1. The summed E-state index contributed by atoms with van der Waals surface area (Å²) in [5, 5.41) is 0. The van der Waals surface area contributed by atoms with Crippen molar-refractivity contribution in [3.63, 3.8) is 0 Å². The van der Waals surface area contributed by atoms with Gasteiger partial charge in [0.2, 0.25) is 0 Å². The molecule has 2 amide bonds. The molecule has 148 valence electrons. The Balaban J connectivity index is 1.45. The smallest absolute Gasteiger partial charge is 0.275 e. The second-order valence-corrected chi connectivity index (χ2v) is 7.70. The topological polar surface area (TPSA) is 53.5 Å². The third-order valence-corrected chi connectivity index (χ3v) is 5.57. The average Bonchev–Trinajstić information content (AvgIpc) is 3.58. The lowest BCUT2D eigenvalue weighted by molar-refractivity contribution is 0.0409. The van der Waals surface area contributed by atoms with Crippen molar-refractivity contribution < 1.29 is 14.0 Å². The Kier molecular flexibility index (Phi) is 5.06. The fourth-order valence-electron chi connectivity index (χ4n) is 3.75. The predicted molar refractivity (Wildman–Crippen MR) is 107 cm³/mol. The van der Waals surface area contributed by atoms with E-state index in [1.54, 1.807) is 40.3 Å². The Bertz CT molecular complexity index is 1010. The summed E-state index contributed by atoms with van der Waals surface area (Å²) < 4.78 is 14.4. The quantitative estimate of drug-likeness (QED) is 0.756. The Hall–Kier alpha value is -3.20. The van der Waals surface area contributed by atoms with E-state index in [4.69, 9.17) is 6.42 Å². The van der Waals surface area contributed by atoms with Crippen LogP contribution in [0.5, 0.6) is 0 Å². The van der Waals surface area contributed by atoms with Crippen LogP contribution < -0.4 is 0 Å². The lowest BCUT2D eigenvalue weighted by Crippen LogP contribution is -2.55. The molecule has 29 heavy (non-hydrogen) atoms. The zero-order chi connectivity index (χ0) is 20.5. The first kappa shape index (κ1) is 19.1. The first-order valence-electron chi connectivity index (χ1n) is 9.80. The highest BCUT2D eigenvalue weighted by Crippen LogP contribution is 2.40. The Morgan fingerprint density at radius 3 is 2.66 bits per heavy atom. The molecular formula is C23H22FN3O2. The molecule has 1 saturated carbocycles.